The molecular formula is C17H25N3O2. The number of nitrogens with one attached hydrogen (secondary N) is 1. The Balaban J connectivity index is 2.00. The van der Waals surface area contributed by atoms with Crippen molar-refractivity contribution in [2.24, 2.45) is 5.41 Å². The maximum atomic E-state index is 12.3. The lowest BCUT2D eigenvalue weighted by molar-refractivity contribution is -0.129. The molecule has 1 N–H and O–H groups in total. The van der Waals surface area contributed by atoms with E-state index in [2.05, 4.69) is 31.3 Å². The molecule has 3 amide bonds. The highest BCUT2D eigenvalue weighted by Crippen LogP contribution is 2.42. The topological polar surface area (TPSA) is 52.7 Å². The van der Waals surface area contributed by atoms with Crippen molar-refractivity contribution < 1.29 is 9.59 Å². The third-order valence-corrected chi connectivity index (χ3v) is 4.30. The van der Waals surface area contributed by atoms with E-state index in [0.717, 1.165) is 0 Å². The molecule has 0 aromatic heterocycles. The van der Waals surface area contributed by atoms with Gasteiger partial charge in [0.1, 0.15) is 0 Å². The first-order valence-electron chi connectivity index (χ1n) is 7.59. The summed E-state index contributed by atoms with van der Waals surface area (Å²) in [6.07, 6.45) is 0. The fraction of sp³-hybridized carbons (Fsp3) is 0.529. The van der Waals surface area contributed by atoms with Crippen LogP contribution in [-0.2, 0) is 4.79 Å². The van der Waals surface area contributed by atoms with Crippen LogP contribution in [-0.4, -0.2) is 55.5 Å². The molecule has 0 spiro atoms. The third kappa shape index (κ3) is 3.59. The van der Waals surface area contributed by atoms with E-state index in [4.69, 9.17) is 0 Å². The smallest absolute Gasteiger partial charge is 0.317 e. The van der Waals surface area contributed by atoms with Gasteiger partial charge >= 0.3 is 6.03 Å². The van der Waals surface area contributed by atoms with Crippen LogP contribution in [0.25, 0.3) is 0 Å². The van der Waals surface area contributed by atoms with E-state index in [1.165, 1.54) is 10.5 Å². The monoisotopic (exact) mass is 303 g/mol. The van der Waals surface area contributed by atoms with Crippen LogP contribution in [0.2, 0.25) is 0 Å². The molecule has 1 atom stereocenters. The normalized spacial score (nSPS) is 19.8. The molecule has 1 unspecified atom stereocenters. The zero-order valence-corrected chi connectivity index (χ0v) is 13.8. The number of urea groups is 1. The summed E-state index contributed by atoms with van der Waals surface area (Å²) >= 11 is 0. The molecule has 0 bridgehead atoms. The Kier molecular flexibility index (Phi) is 4.74. The number of amides is 3. The average Bonchev–Trinajstić information content (AvgIpc) is 2.80. The van der Waals surface area contributed by atoms with E-state index in [9.17, 15) is 9.59 Å². The number of rotatable bonds is 3. The lowest BCUT2D eigenvalue weighted by Crippen LogP contribution is -2.43. The van der Waals surface area contributed by atoms with Crippen molar-refractivity contribution in [2.45, 2.75) is 19.8 Å². The van der Waals surface area contributed by atoms with Gasteiger partial charge in [-0.1, -0.05) is 44.2 Å². The van der Waals surface area contributed by atoms with Gasteiger partial charge in [0.05, 0.1) is 6.54 Å². The highest BCUT2D eigenvalue weighted by atomic mass is 16.2. The molecule has 0 radical (unpaired) electrons. The Bertz CT molecular complexity index is 540. The van der Waals surface area contributed by atoms with Crippen molar-refractivity contribution in [3.8, 4) is 0 Å². The quantitative estimate of drug-likeness (QED) is 0.927. The molecule has 22 heavy (non-hydrogen) atoms. The van der Waals surface area contributed by atoms with Crippen molar-refractivity contribution in [1.29, 1.82) is 0 Å². The molecule has 5 heteroatoms. The van der Waals surface area contributed by atoms with Gasteiger partial charge in [-0.05, 0) is 11.0 Å². The molecule has 1 heterocycles. The van der Waals surface area contributed by atoms with Gasteiger partial charge in [0.25, 0.3) is 0 Å². The van der Waals surface area contributed by atoms with Gasteiger partial charge in [-0.2, -0.15) is 0 Å². The van der Waals surface area contributed by atoms with Gasteiger partial charge < -0.3 is 15.1 Å². The van der Waals surface area contributed by atoms with Crippen molar-refractivity contribution in [1.82, 2.24) is 15.1 Å². The van der Waals surface area contributed by atoms with Crippen molar-refractivity contribution >= 4 is 11.9 Å². The molecule has 0 aliphatic carbocycles. The Morgan fingerprint density at radius 2 is 1.91 bits per heavy atom. The number of hydrogen-bond donors (Lipinski definition) is 1. The summed E-state index contributed by atoms with van der Waals surface area (Å²) in [5.74, 6) is 0.295. The summed E-state index contributed by atoms with van der Waals surface area (Å²) in [5.41, 5.74) is 1.29. The lowest BCUT2D eigenvalue weighted by atomic mass is 9.78. The maximum Gasteiger partial charge on any atom is 0.317 e. The summed E-state index contributed by atoms with van der Waals surface area (Å²) < 4.78 is 0. The summed E-state index contributed by atoms with van der Waals surface area (Å²) in [7, 11) is 3.31. The number of carbonyl (C=O) groups is 2. The molecule has 2 rings (SSSR count). The molecule has 120 valence electrons. The first-order chi connectivity index (χ1) is 10.3. The van der Waals surface area contributed by atoms with Gasteiger partial charge in [0.2, 0.25) is 5.91 Å². The predicted molar refractivity (Wildman–Crippen MR) is 86.6 cm³/mol. The van der Waals surface area contributed by atoms with Crippen molar-refractivity contribution in [3.05, 3.63) is 35.9 Å². The zero-order chi connectivity index (χ0) is 16.3. The number of carbonyl (C=O) groups excluding carboxylic acids is 2. The van der Waals surface area contributed by atoms with E-state index in [-0.39, 0.29) is 23.9 Å². The second kappa shape index (κ2) is 6.38. The summed E-state index contributed by atoms with van der Waals surface area (Å²) in [6.45, 7) is 5.85. The van der Waals surface area contributed by atoms with Crippen LogP contribution in [0.1, 0.15) is 25.3 Å². The van der Waals surface area contributed by atoms with Crippen LogP contribution in [0.3, 0.4) is 0 Å². The lowest BCUT2D eigenvalue weighted by Gasteiger charge is -2.25. The van der Waals surface area contributed by atoms with E-state index in [1.807, 2.05) is 23.1 Å². The van der Waals surface area contributed by atoms with E-state index < -0.39 is 0 Å². The molecule has 1 saturated heterocycles. The molecular weight excluding hydrogens is 278 g/mol. The van der Waals surface area contributed by atoms with E-state index in [0.29, 0.717) is 19.0 Å². The van der Waals surface area contributed by atoms with Gasteiger partial charge in [-0.15, -0.1) is 0 Å². The van der Waals surface area contributed by atoms with E-state index >= 15 is 0 Å². The number of likely N-dealkylation sites (tertiary alicyclic amines) is 1. The zero-order valence-electron chi connectivity index (χ0n) is 13.8. The highest BCUT2D eigenvalue weighted by molar-refractivity contribution is 5.84. The maximum absolute atomic E-state index is 12.3. The van der Waals surface area contributed by atoms with Crippen LogP contribution in [0.5, 0.6) is 0 Å². The van der Waals surface area contributed by atoms with Gasteiger partial charge in [0, 0.05) is 33.1 Å². The molecule has 1 aliphatic rings. The fourth-order valence-electron chi connectivity index (χ4n) is 2.99. The minimum absolute atomic E-state index is 0.0262. The Labute approximate surface area is 132 Å². The first-order valence-corrected chi connectivity index (χ1v) is 7.59. The Morgan fingerprint density at radius 1 is 1.27 bits per heavy atom. The standard InChI is InChI=1S/C17H25N3O2/c1-17(2)12-20(15(21)10-18-16(22)19(3)4)11-14(17)13-8-6-5-7-9-13/h5-9,14H,10-12H2,1-4H3,(H,18,22). The van der Waals surface area contributed by atoms with Gasteiger partial charge in [-0.25, -0.2) is 4.79 Å². The van der Waals surface area contributed by atoms with Crippen LogP contribution in [0.4, 0.5) is 4.79 Å². The summed E-state index contributed by atoms with van der Waals surface area (Å²) in [4.78, 5) is 27.1. The molecule has 1 aromatic carbocycles. The number of benzene rings is 1. The molecule has 0 saturated carbocycles. The Morgan fingerprint density at radius 3 is 2.50 bits per heavy atom. The largest absolute Gasteiger partial charge is 0.340 e. The first kappa shape index (κ1) is 16.3. The fourth-order valence-corrected chi connectivity index (χ4v) is 2.99. The number of nitrogens with zero attached hydrogens (tertiary/aromatic N) is 2. The summed E-state index contributed by atoms with van der Waals surface area (Å²) in [5, 5.41) is 2.64. The minimum Gasteiger partial charge on any atom is -0.340 e. The molecule has 1 fully saturated rings. The van der Waals surface area contributed by atoms with Gasteiger partial charge in [0.15, 0.2) is 0 Å². The molecule has 1 aromatic rings. The van der Waals surface area contributed by atoms with Crippen molar-refractivity contribution in [3.63, 3.8) is 0 Å². The van der Waals surface area contributed by atoms with Gasteiger partial charge in [-0.3, -0.25) is 4.79 Å². The van der Waals surface area contributed by atoms with Crippen LogP contribution >= 0.6 is 0 Å². The second-order valence-corrected chi connectivity index (χ2v) is 6.78. The average molecular weight is 303 g/mol. The second-order valence-electron chi connectivity index (χ2n) is 6.78. The highest BCUT2D eigenvalue weighted by Gasteiger charge is 2.41. The predicted octanol–water partition coefficient (Wildman–Crippen LogP) is 1.91. The summed E-state index contributed by atoms with van der Waals surface area (Å²) in [6, 6.07) is 10.1. The Hall–Kier alpha value is -2.04. The number of hydrogen-bond acceptors (Lipinski definition) is 2. The minimum atomic E-state index is -0.244. The SMILES string of the molecule is CN(C)C(=O)NCC(=O)N1CC(c2ccccc2)C(C)(C)C1. The molecule has 5 nitrogen and oxygen atoms in total. The van der Waals surface area contributed by atoms with Crippen LogP contribution in [0.15, 0.2) is 30.3 Å². The van der Waals surface area contributed by atoms with Crippen molar-refractivity contribution in [2.75, 3.05) is 33.7 Å². The van der Waals surface area contributed by atoms with Crippen LogP contribution in [0, 0.1) is 5.41 Å². The van der Waals surface area contributed by atoms with E-state index in [1.54, 1.807) is 14.1 Å². The van der Waals surface area contributed by atoms with Crippen LogP contribution < -0.4 is 5.32 Å². The third-order valence-electron chi connectivity index (χ3n) is 4.30. The molecule has 1 aliphatic heterocycles.